The normalized spacial score (nSPS) is 15.9. The summed E-state index contributed by atoms with van der Waals surface area (Å²) < 4.78 is 84.2. The van der Waals surface area contributed by atoms with Gasteiger partial charge in [0.1, 0.15) is 53.9 Å². The van der Waals surface area contributed by atoms with Gasteiger partial charge in [-0.25, -0.2) is 33.1 Å². The number of ether oxygens (including phenoxy) is 2. The van der Waals surface area contributed by atoms with Crippen LogP contribution in [0.15, 0.2) is 143 Å². The number of pyridine rings is 2. The van der Waals surface area contributed by atoms with Crippen molar-refractivity contribution in [2.45, 2.75) is 82.7 Å². The van der Waals surface area contributed by atoms with Crippen LogP contribution in [-0.2, 0) is 16.0 Å². The Hall–Kier alpha value is -11.7. The zero-order chi connectivity index (χ0) is 65.8. The highest BCUT2D eigenvalue weighted by atomic mass is 19.3. The minimum atomic E-state index is -2.54. The summed E-state index contributed by atoms with van der Waals surface area (Å²) in [5.74, 6) is -2.42. The van der Waals surface area contributed by atoms with Crippen LogP contribution < -0.4 is 16.0 Å². The van der Waals surface area contributed by atoms with Gasteiger partial charge in [0.05, 0.1) is 102 Å². The van der Waals surface area contributed by atoms with Crippen molar-refractivity contribution in [2.75, 3.05) is 35.8 Å². The Balaban J connectivity index is 0.000000137. The summed E-state index contributed by atoms with van der Waals surface area (Å²) in [6, 6.07) is 7.30. The molecule has 12 aromatic rings. The molecule has 0 aromatic carbocycles. The molecule has 0 aliphatic heterocycles. The topological polar surface area (TPSA) is 395 Å². The first-order chi connectivity index (χ1) is 46.3. The molecular weight excluding hydrogens is 1250 g/mol. The molecular formula is C60H56F4N22O9. The Morgan fingerprint density at radius 3 is 1.71 bits per heavy atom. The first-order valence-electron chi connectivity index (χ1n) is 29.5. The SMILES string of the molecule is CCOC1CC(n2cc(NC(=O)c3coc(-c4cn[nH]c4)n3)c(-c3nc(F)ccc3F)n2)C1.O=C(Nc1cn(C2CCC(O)CC2)nc1-c1cnccn1)c1coc(-c2cn[nH]c2)n1.O=C(Nc1cn(CCOCC(F)F)nc1-c1ccccn1)c1coc(-c2cn[nH]c2)n1. The maximum Gasteiger partial charge on any atom is 0.277 e. The highest BCUT2D eigenvalue weighted by Crippen LogP contribution is 2.38. The lowest BCUT2D eigenvalue weighted by Gasteiger charge is -2.34. The van der Waals surface area contributed by atoms with Crippen molar-refractivity contribution in [1.82, 2.24) is 94.8 Å². The van der Waals surface area contributed by atoms with Gasteiger partial charge in [-0.05, 0) is 69.7 Å². The first-order valence-corrected chi connectivity index (χ1v) is 29.5. The molecule has 0 atom stereocenters. The van der Waals surface area contributed by atoms with Crippen molar-refractivity contribution < 1.29 is 59.8 Å². The summed E-state index contributed by atoms with van der Waals surface area (Å²) in [5, 5.41) is 51.0. The molecule has 2 aliphatic carbocycles. The van der Waals surface area contributed by atoms with E-state index in [1.807, 2.05) is 11.6 Å². The van der Waals surface area contributed by atoms with E-state index >= 15 is 0 Å². The number of hydrogen-bond donors (Lipinski definition) is 7. The van der Waals surface area contributed by atoms with E-state index in [0.717, 1.165) is 50.7 Å². The number of amides is 3. The predicted molar refractivity (Wildman–Crippen MR) is 324 cm³/mol. The molecule has 3 amide bonds. The Kier molecular flexibility index (Phi) is 19.5. The zero-order valence-electron chi connectivity index (χ0n) is 50.0. The van der Waals surface area contributed by atoms with Gasteiger partial charge < -0.3 is 43.8 Å². The number of anilines is 3. The van der Waals surface area contributed by atoms with Crippen molar-refractivity contribution >= 4 is 34.8 Å². The zero-order valence-corrected chi connectivity index (χ0v) is 50.0. The molecule has 0 radical (unpaired) electrons. The average Bonchev–Trinajstić information content (AvgIpc) is 1.67. The lowest BCUT2D eigenvalue weighted by Crippen LogP contribution is -2.33. The fourth-order valence-electron chi connectivity index (χ4n) is 10.0. The van der Waals surface area contributed by atoms with Gasteiger partial charge in [0.2, 0.25) is 23.6 Å². The number of alkyl halides is 2. The van der Waals surface area contributed by atoms with Crippen LogP contribution >= 0.6 is 0 Å². The maximum absolute atomic E-state index is 14.5. The summed E-state index contributed by atoms with van der Waals surface area (Å²) in [6.45, 7) is 2.14. The van der Waals surface area contributed by atoms with E-state index in [1.165, 1.54) is 35.9 Å². The fourth-order valence-corrected chi connectivity index (χ4v) is 10.0. The molecule has 0 spiro atoms. The fraction of sp³-hybridized carbons (Fsp3) is 0.267. The third-order valence-corrected chi connectivity index (χ3v) is 14.8. The number of hydrogen-bond acceptors (Lipinski definition) is 22. The lowest BCUT2D eigenvalue weighted by atomic mass is 9.89. The van der Waals surface area contributed by atoms with Gasteiger partial charge >= 0.3 is 0 Å². The number of carbonyl (C=O) groups excluding carboxylic acids is 3. The molecule has 2 saturated carbocycles. The van der Waals surface area contributed by atoms with Gasteiger partial charge in [-0.2, -0.15) is 35.0 Å². The van der Waals surface area contributed by atoms with Crippen molar-refractivity contribution in [1.29, 1.82) is 0 Å². The molecule has 95 heavy (non-hydrogen) atoms. The van der Waals surface area contributed by atoms with E-state index in [2.05, 4.69) is 96.7 Å². The Morgan fingerprint density at radius 2 is 1.18 bits per heavy atom. The quantitative estimate of drug-likeness (QED) is 0.0200. The monoisotopic (exact) mass is 1300 g/mol. The minimum Gasteiger partial charge on any atom is -0.444 e. The lowest BCUT2D eigenvalue weighted by molar-refractivity contribution is -0.0226. The summed E-state index contributed by atoms with van der Waals surface area (Å²) in [5.41, 5.74) is 4.80. The third-order valence-electron chi connectivity index (χ3n) is 14.8. The molecule has 14 rings (SSSR count). The summed E-state index contributed by atoms with van der Waals surface area (Å²) in [4.78, 5) is 67.3. The van der Waals surface area contributed by atoms with Crippen LogP contribution in [0.1, 0.15) is 89.0 Å². The number of aliphatic hydroxyl groups is 1. The van der Waals surface area contributed by atoms with Gasteiger partial charge in [-0.15, -0.1) is 0 Å². The van der Waals surface area contributed by atoms with Crippen molar-refractivity contribution in [2.24, 2.45) is 0 Å². The molecule has 2 fully saturated rings. The minimum absolute atomic E-state index is 0.00214. The Morgan fingerprint density at radius 1 is 0.632 bits per heavy atom. The van der Waals surface area contributed by atoms with Gasteiger partial charge in [-0.1, -0.05) is 6.07 Å². The van der Waals surface area contributed by atoms with Gasteiger partial charge in [0.15, 0.2) is 22.9 Å². The van der Waals surface area contributed by atoms with Crippen molar-refractivity contribution in [3.63, 3.8) is 0 Å². The van der Waals surface area contributed by atoms with Gasteiger partial charge in [0.25, 0.3) is 24.1 Å². The largest absolute Gasteiger partial charge is 0.444 e. The number of aliphatic hydroxyl groups excluding tert-OH is 1. The van der Waals surface area contributed by atoms with Crippen molar-refractivity contribution in [3.05, 3.63) is 159 Å². The number of nitrogens with zero attached hydrogens (tertiary/aromatic N) is 16. The van der Waals surface area contributed by atoms with E-state index in [9.17, 15) is 37.1 Å². The number of H-pyrrole nitrogens is 3. The van der Waals surface area contributed by atoms with Crippen LogP contribution in [0.5, 0.6) is 0 Å². The second kappa shape index (κ2) is 29.3. The summed E-state index contributed by atoms with van der Waals surface area (Å²) >= 11 is 0. The van der Waals surface area contributed by atoms with E-state index in [4.69, 9.17) is 22.7 Å². The van der Waals surface area contributed by atoms with Crippen LogP contribution in [0, 0.1) is 11.8 Å². The molecule has 12 heterocycles. The number of carbonyl (C=O) groups is 3. The average molecular weight is 1310 g/mol. The molecule has 35 heteroatoms. The molecule has 0 unspecified atom stereocenters. The van der Waals surface area contributed by atoms with E-state index in [-0.39, 0.29) is 83.4 Å². The number of rotatable bonds is 21. The number of aromatic nitrogens is 19. The maximum atomic E-state index is 14.5. The molecule has 0 bridgehead atoms. The Bertz CT molecular complexity index is 4460. The number of halogens is 4. The molecule has 7 N–H and O–H groups in total. The van der Waals surface area contributed by atoms with Gasteiger partial charge in [-0.3, -0.25) is 58.7 Å². The van der Waals surface area contributed by atoms with Crippen LogP contribution in [0.4, 0.5) is 34.6 Å². The molecule has 488 valence electrons. The van der Waals surface area contributed by atoms with Crippen LogP contribution in [0.3, 0.4) is 0 Å². The number of nitrogens with one attached hydrogen (secondary N) is 6. The molecule has 31 nitrogen and oxygen atoms in total. The van der Waals surface area contributed by atoms with E-state index < -0.39 is 42.5 Å². The van der Waals surface area contributed by atoms with Gasteiger partial charge in [0, 0.05) is 62.4 Å². The van der Waals surface area contributed by atoms with E-state index in [0.29, 0.717) is 63.3 Å². The highest BCUT2D eigenvalue weighted by Gasteiger charge is 2.34. The molecule has 12 aromatic heterocycles. The molecule has 0 saturated heterocycles. The number of aromatic amines is 3. The smallest absolute Gasteiger partial charge is 0.277 e. The predicted octanol–water partition coefficient (Wildman–Crippen LogP) is 8.90. The van der Waals surface area contributed by atoms with Crippen LogP contribution in [0.2, 0.25) is 0 Å². The molecule has 2 aliphatic rings. The Labute approximate surface area is 533 Å². The summed E-state index contributed by atoms with van der Waals surface area (Å²) in [7, 11) is 0. The summed E-state index contributed by atoms with van der Waals surface area (Å²) in [6.07, 6.45) is 26.2. The van der Waals surface area contributed by atoms with Crippen LogP contribution in [0.25, 0.3) is 68.5 Å². The van der Waals surface area contributed by atoms with Crippen LogP contribution in [-0.4, -0.2) is 156 Å². The standard InChI is InChI=1S/C21H19F2N7O3.C20H20N8O3.C19H17F2N7O3/c1-2-32-13-5-12(6-13)30-9-15(19(29-30)18-14(22)3-4-17(23)28-18)26-20(31)16-10-33-21(27-16)11-7-24-25-8-11;29-14-3-1-13(2-4-14)28-10-16(18(27-28)15-9-21-5-6-22-15)25-19(30)17-11-31-20(26-17)12-7-23-24-8-12;20-16(21)11-30-6-5-28-9-14(17(27-28)13-3-1-2-4-22-13)25-18(29)15-10-31-19(26-15)12-7-23-24-8-12/h3-4,7-10,12-13H,2,5-6H2,1H3,(H,24,25)(H,26,31);5-11,13-14,29H,1-4H2,(H,23,24)(H,25,30);1-4,7-10,16H,5-6,11H2,(H,23,24)(H,25,29). The van der Waals surface area contributed by atoms with Crippen molar-refractivity contribution in [3.8, 4) is 68.5 Å². The second-order valence-electron chi connectivity index (χ2n) is 21.2. The number of oxazole rings is 3. The van der Waals surface area contributed by atoms with E-state index in [1.54, 1.807) is 91.0 Å². The highest BCUT2D eigenvalue weighted by molar-refractivity contribution is 6.06. The first kappa shape index (κ1) is 63.4. The second-order valence-corrected chi connectivity index (χ2v) is 21.2. The third kappa shape index (κ3) is 15.4.